The van der Waals surface area contributed by atoms with Gasteiger partial charge < -0.3 is 9.47 Å². The summed E-state index contributed by atoms with van der Waals surface area (Å²) in [6, 6.07) is 6.29. The van der Waals surface area contributed by atoms with Crippen LogP contribution in [0.2, 0.25) is 0 Å². The van der Waals surface area contributed by atoms with Gasteiger partial charge in [-0.3, -0.25) is 0 Å². The van der Waals surface area contributed by atoms with Crippen molar-refractivity contribution in [1.82, 2.24) is 20.2 Å². The lowest BCUT2D eigenvalue weighted by Crippen LogP contribution is -2.07. The van der Waals surface area contributed by atoms with E-state index in [2.05, 4.69) is 15.5 Å². The van der Waals surface area contributed by atoms with Crippen molar-refractivity contribution in [3.8, 4) is 11.5 Å². The van der Waals surface area contributed by atoms with Gasteiger partial charge in [-0.05, 0) is 47.9 Å². The van der Waals surface area contributed by atoms with Crippen LogP contribution in [0.25, 0.3) is 0 Å². The van der Waals surface area contributed by atoms with Crippen molar-refractivity contribution in [3.63, 3.8) is 0 Å². The molecule has 1 aliphatic rings. The zero-order chi connectivity index (χ0) is 13.2. The van der Waals surface area contributed by atoms with Crippen molar-refractivity contribution >= 4 is 0 Å². The van der Waals surface area contributed by atoms with E-state index in [1.165, 1.54) is 0 Å². The Kier molecular flexibility index (Phi) is 3.06. The van der Waals surface area contributed by atoms with E-state index >= 15 is 0 Å². The van der Waals surface area contributed by atoms with Crippen LogP contribution in [0, 0.1) is 6.92 Å². The van der Waals surface area contributed by atoms with Gasteiger partial charge in [0.15, 0.2) is 17.3 Å². The molecule has 1 aromatic heterocycles. The van der Waals surface area contributed by atoms with Crippen molar-refractivity contribution < 1.29 is 9.47 Å². The highest BCUT2D eigenvalue weighted by Crippen LogP contribution is 2.35. The van der Waals surface area contributed by atoms with E-state index in [-0.39, 0.29) is 0 Å². The molecular formula is C13H16N4O2. The molecule has 1 aromatic carbocycles. The zero-order valence-electron chi connectivity index (χ0n) is 11.0. The molecule has 1 aliphatic carbocycles. The number of methoxy groups -OCH3 is 1. The van der Waals surface area contributed by atoms with Gasteiger partial charge in [-0.2, -0.15) is 0 Å². The summed E-state index contributed by atoms with van der Waals surface area (Å²) >= 11 is 0. The molecule has 1 fully saturated rings. The van der Waals surface area contributed by atoms with Crippen LogP contribution < -0.4 is 9.47 Å². The summed E-state index contributed by atoms with van der Waals surface area (Å²) in [5, 5.41) is 11.7. The van der Waals surface area contributed by atoms with Crippen molar-refractivity contribution in [2.45, 2.75) is 32.4 Å². The number of rotatable bonds is 5. The maximum Gasteiger partial charge on any atom is 0.189 e. The summed E-state index contributed by atoms with van der Waals surface area (Å²) in [4.78, 5) is 0. The first-order valence-corrected chi connectivity index (χ1v) is 6.32. The molecule has 2 aromatic rings. The molecule has 0 spiro atoms. The van der Waals surface area contributed by atoms with Gasteiger partial charge >= 0.3 is 0 Å². The van der Waals surface area contributed by atoms with Crippen molar-refractivity contribution in [1.29, 1.82) is 0 Å². The average Bonchev–Trinajstić information content (AvgIpc) is 3.16. The van der Waals surface area contributed by atoms with Crippen molar-refractivity contribution in [2.24, 2.45) is 0 Å². The monoisotopic (exact) mass is 260 g/mol. The minimum atomic E-state index is 0.350. The molecular weight excluding hydrogens is 244 g/mol. The Bertz CT molecular complexity index is 578. The Morgan fingerprint density at radius 1 is 1.32 bits per heavy atom. The van der Waals surface area contributed by atoms with E-state index in [0.29, 0.717) is 18.4 Å². The molecule has 0 saturated heterocycles. The molecule has 0 amide bonds. The molecule has 0 atom stereocenters. The quantitative estimate of drug-likeness (QED) is 0.821. The van der Waals surface area contributed by atoms with Crippen LogP contribution in [0.5, 0.6) is 11.5 Å². The number of hydrogen-bond acceptors (Lipinski definition) is 5. The largest absolute Gasteiger partial charge is 0.493 e. The maximum absolute atomic E-state index is 5.76. The molecule has 1 saturated carbocycles. The van der Waals surface area contributed by atoms with Gasteiger partial charge in [0.05, 0.1) is 13.2 Å². The predicted octanol–water partition coefficient (Wildman–Crippen LogP) is 1.90. The molecule has 0 aliphatic heterocycles. The Labute approximate surface area is 111 Å². The second-order valence-corrected chi connectivity index (χ2v) is 4.71. The Hall–Kier alpha value is -2.11. The SMILES string of the molecule is COc1cc(C)ccc1OCc1nnnn1C1CC1. The first kappa shape index (κ1) is 12.0. The normalized spacial score (nSPS) is 14.4. The fraction of sp³-hybridized carbons (Fsp3) is 0.462. The van der Waals surface area contributed by atoms with E-state index < -0.39 is 0 Å². The van der Waals surface area contributed by atoms with Gasteiger partial charge in [0.2, 0.25) is 0 Å². The molecule has 1 heterocycles. The molecule has 100 valence electrons. The zero-order valence-corrected chi connectivity index (χ0v) is 11.0. The Morgan fingerprint density at radius 3 is 2.89 bits per heavy atom. The lowest BCUT2D eigenvalue weighted by atomic mass is 10.2. The van der Waals surface area contributed by atoms with Gasteiger partial charge in [-0.25, -0.2) is 4.68 Å². The van der Waals surface area contributed by atoms with Crippen LogP contribution in [0.4, 0.5) is 0 Å². The number of nitrogens with zero attached hydrogens (tertiary/aromatic N) is 4. The van der Waals surface area contributed by atoms with Gasteiger partial charge in [0.1, 0.15) is 6.61 Å². The number of tetrazole rings is 1. The molecule has 6 heteroatoms. The van der Waals surface area contributed by atoms with E-state index in [9.17, 15) is 0 Å². The third-order valence-electron chi connectivity index (χ3n) is 3.13. The fourth-order valence-corrected chi connectivity index (χ4v) is 1.95. The predicted molar refractivity (Wildman–Crippen MR) is 68.2 cm³/mol. The number of benzene rings is 1. The van der Waals surface area contributed by atoms with Crippen LogP contribution >= 0.6 is 0 Å². The third kappa shape index (κ3) is 2.52. The average molecular weight is 260 g/mol. The van der Waals surface area contributed by atoms with Gasteiger partial charge in [-0.15, -0.1) is 5.10 Å². The van der Waals surface area contributed by atoms with Crippen LogP contribution in [0.3, 0.4) is 0 Å². The lowest BCUT2D eigenvalue weighted by molar-refractivity contribution is 0.269. The summed E-state index contributed by atoms with van der Waals surface area (Å²) in [6.07, 6.45) is 2.29. The molecule has 0 N–H and O–H groups in total. The number of ether oxygens (including phenoxy) is 2. The first-order chi connectivity index (χ1) is 9.28. The minimum absolute atomic E-state index is 0.350. The minimum Gasteiger partial charge on any atom is -0.493 e. The molecule has 3 rings (SSSR count). The second kappa shape index (κ2) is 4.87. The number of aromatic nitrogens is 4. The van der Waals surface area contributed by atoms with Gasteiger partial charge in [-0.1, -0.05) is 6.07 Å². The smallest absolute Gasteiger partial charge is 0.189 e. The van der Waals surface area contributed by atoms with E-state index in [0.717, 1.165) is 30.0 Å². The van der Waals surface area contributed by atoms with Crippen LogP contribution in [0.15, 0.2) is 18.2 Å². The molecule has 19 heavy (non-hydrogen) atoms. The summed E-state index contributed by atoms with van der Waals surface area (Å²) < 4.78 is 12.9. The summed E-state index contributed by atoms with van der Waals surface area (Å²) in [6.45, 7) is 2.36. The second-order valence-electron chi connectivity index (χ2n) is 4.71. The molecule has 0 unspecified atom stereocenters. The lowest BCUT2D eigenvalue weighted by Gasteiger charge is -2.10. The van der Waals surface area contributed by atoms with Crippen molar-refractivity contribution in [3.05, 3.63) is 29.6 Å². The Morgan fingerprint density at radius 2 is 2.16 bits per heavy atom. The van der Waals surface area contributed by atoms with E-state index in [4.69, 9.17) is 9.47 Å². The first-order valence-electron chi connectivity index (χ1n) is 6.32. The van der Waals surface area contributed by atoms with Crippen LogP contribution in [-0.2, 0) is 6.61 Å². The summed E-state index contributed by atoms with van der Waals surface area (Å²) in [5.41, 5.74) is 1.13. The van der Waals surface area contributed by atoms with Gasteiger partial charge in [0, 0.05) is 0 Å². The summed E-state index contributed by atoms with van der Waals surface area (Å²) in [5.74, 6) is 2.19. The highest BCUT2D eigenvalue weighted by molar-refractivity contribution is 5.42. The van der Waals surface area contributed by atoms with Crippen molar-refractivity contribution in [2.75, 3.05) is 7.11 Å². The number of hydrogen-bond donors (Lipinski definition) is 0. The topological polar surface area (TPSA) is 62.1 Å². The highest BCUT2D eigenvalue weighted by Gasteiger charge is 2.27. The third-order valence-corrected chi connectivity index (χ3v) is 3.13. The van der Waals surface area contributed by atoms with Gasteiger partial charge in [0.25, 0.3) is 0 Å². The molecule has 0 bridgehead atoms. The van der Waals surface area contributed by atoms with Crippen LogP contribution in [-0.4, -0.2) is 27.3 Å². The number of aryl methyl sites for hydroxylation is 1. The van der Waals surface area contributed by atoms with Crippen LogP contribution in [0.1, 0.15) is 30.3 Å². The Balaban J connectivity index is 1.73. The maximum atomic E-state index is 5.76. The van der Waals surface area contributed by atoms with E-state index in [1.807, 2.05) is 29.8 Å². The molecule has 6 nitrogen and oxygen atoms in total. The summed E-state index contributed by atoms with van der Waals surface area (Å²) in [7, 11) is 1.63. The molecule has 0 radical (unpaired) electrons. The highest BCUT2D eigenvalue weighted by atomic mass is 16.5. The standard InChI is InChI=1S/C13H16N4O2/c1-9-3-6-11(12(7-9)18-2)19-8-13-14-15-16-17(13)10-4-5-10/h3,6-7,10H,4-5,8H2,1-2H3. The van der Waals surface area contributed by atoms with E-state index in [1.54, 1.807) is 7.11 Å². The fourth-order valence-electron chi connectivity index (χ4n) is 1.95.